The van der Waals surface area contributed by atoms with Crippen LogP contribution in [0.4, 0.5) is 4.79 Å². The first-order valence-corrected chi connectivity index (χ1v) is 9.08. The summed E-state index contributed by atoms with van der Waals surface area (Å²) >= 11 is 0. The first-order valence-electron chi connectivity index (χ1n) is 9.08. The number of carbonyl (C=O) groups excluding carboxylic acids is 1. The third kappa shape index (κ3) is 5.93. The van der Waals surface area contributed by atoms with Crippen molar-refractivity contribution in [3.63, 3.8) is 0 Å². The highest BCUT2D eigenvalue weighted by Crippen LogP contribution is 2.15. The predicted molar refractivity (Wildman–Crippen MR) is 100 cm³/mol. The Bertz CT molecular complexity index is 633. The highest BCUT2D eigenvalue weighted by Gasteiger charge is 2.27. The molecule has 1 aromatic rings. The van der Waals surface area contributed by atoms with Crippen molar-refractivity contribution in [2.75, 3.05) is 20.1 Å². The van der Waals surface area contributed by atoms with Gasteiger partial charge in [0.25, 0.3) is 0 Å². The Morgan fingerprint density at radius 1 is 1.50 bits per heavy atom. The van der Waals surface area contributed by atoms with Crippen molar-refractivity contribution < 1.29 is 14.1 Å². The average molecular weight is 365 g/mol. The number of aliphatic imine (C=N–C) groups is 1. The van der Waals surface area contributed by atoms with Gasteiger partial charge < -0.3 is 24.8 Å². The molecule has 1 amide bonds. The quantitative estimate of drug-likeness (QED) is 0.629. The summed E-state index contributed by atoms with van der Waals surface area (Å²) in [6, 6.07) is 2.00. The molecular weight excluding hydrogens is 334 g/mol. The molecule has 2 rings (SSSR count). The van der Waals surface area contributed by atoms with Gasteiger partial charge >= 0.3 is 6.09 Å². The molecule has 1 saturated heterocycles. The van der Waals surface area contributed by atoms with Crippen LogP contribution in [0.3, 0.4) is 0 Å². The fourth-order valence-electron chi connectivity index (χ4n) is 2.73. The van der Waals surface area contributed by atoms with E-state index in [9.17, 15) is 4.79 Å². The molecule has 0 spiro atoms. The smallest absolute Gasteiger partial charge is 0.407 e. The van der Waals surface area contributed by atoms with Crippen molar-refractivity contribution >= 4 is 12.1 Å². The molecular formula is C18H31N5O3. The van der Waals surface area contributed by atoms with E-state index in [2.05, 4.69) is 39.5 Å². The van der Waals surface area contributed by atoms with Crippen LogP contribution >= 0.6 is 0 Å². The van der Waals surface area contributed by atoms with Crippen molar-refractivity contribution in [2.24, 2.45) is 4.99 Å². The minimum Gasteiger partial charge on any atom is -0.444 e. The number of ether oxygens (including phenoxy) is 1. The van der Waals surface area contributed by atoms with Crippen LogP contribution in [-0.2, 0) is 11.3 Å². The van der Waals surface area contributed by atoms with Crippen LogP contribution < -0.4 is 10.6 Å². The van der Waals surface area contributed by atoms with Crippen molar-refractivity contribution in [3.05, 3.63) is 17.5 Å². The maximum absolute atomic E-state index is 11.9. The van der Waals surface area contributed by atoms with E-state index in [1.54, 1.807) is 7.05 Å². The van der Waals surface area contributed by atoms with Gasteiger partial charge in [-0.1, -0.05) is 19.0 Å². The SMILES string of the molecule is CN=C(NCc1cc(C(C)C)no1)N1CCC(NC(=O)OC(C)(C)C)C1. The second kappa shape index (κ2) is 8.42. The van der Waals surface area contributed by atoms with E-state index in [1.807, 2.05) is 26.8 Å². The summed E-state index contributed by atoms with van der Waals surface area (Å²) in [5, 5.41) is 10.3. The van der Waals surface area contributed by atoms with E-state index in [-0.39, 0.29) is 12.1 Å². The number of hydrogen-bond acceptors (Lipinski definition) is 5. The van der Waals surface area contributed by atoms with E-state index in [0.717, 1.165) is 30.4 Å². The Balaban J connectivity index is 1.82. The van der Waals surface area contributed by atoms with Gasteiger partial charge in [0.15, 0.2) is 11.7 Å². The van der Waals surface area contributed by atoms with E-state index in [1.165, 1.54) is 0 Å². The number of nitrogens with zero attached hydrogens (tertiary/aromatic N) is 3. The van der Waals surface area contributed by atoms with Gasteiger partial charge in [-0.25, -0.2) is 4.79 Å². The Morgan fingerprint density at radius 2 is 2.23 bits per heavy atom. The van der Waals surface area contributed by atoms with Gasteiger partial charge in [-0.2, -0.15) is 0 Å². The standard InChI is InChI=1S/C18H31N5O3/c1-12(2)15-9-14(26-22-15)10-20-16(19-6)23-8-7-13(11-23)21-17(24)25-18(3,4)5/h9,12-13H,7-8,10-11H2,1-6H3,(H,19,20)(H,21,24). The maximum atomic E-state index is 11.9. The molecule has 2 heterocycles. The Hall–Kier alpha value is -2.25. The summed E-state index contributed by atoms with van der Waals surface area (Å²) in [5.74, 6) is 1.89. The number of amides is 1. The fourth-order valence-corrected chi connectivity index (χ4v) is 2.73. The zero-order chi connectivity index (χ0) is 19.3. The van der Waals surface area contributed by atoms with Crippen LogP contribution in [0.2, 0.25) is 0 Å². The lowest BCUT2D eigenvalue weighted by Gasteiger charge is -2.23. The second-order valence-electron chi connectivity index (χ2n) is 7.85. The zero-order valence-electron chi connectivity index (χ0n) is 16.6. The predicted octanol–water partition coefficient (Wildman–Crippen LogP) is 2.47. The summed E-state index contributed by atoms with van der Waals surface area (Å²) in [5.41, 5.74) is 0.450. The van der Waals surface area contributed by atoms with Gasteiger partial charge in [0, 0.05) is 26.2 Å². The minimum atomic E-state index is -0.494. The number of aromatic nitrogens is 1. The van der Waals surface area contributed by atoms with E-state index < -0.39 is 5.60 Å². The molecule has 0 aromatic carbocycles. The number of nitrogens with one attached hydrogen (secondary N) is 2. The molecule has 8 nitrogen and oxygen atoms in total. The van der Waals surface area contributed by atoms with E-state index in [0.29, 0.717) is 19.0 Å². The molecule has 1 aromatic heterocycles. The third-order valence-corrected chi connectivity index (χ3v) is 4.01. The van der Waals surface area contributed by atoms with Crippen LogP contribution in [0.15, 0.2) is 15.6 Å². The van der Waals surface area contributed by atoms with Crippen LogP contribution in [0.5, 0.6) is 0 Å². The number of rotatable bonds is 4. The molecule has 2 N–H and O–H groups in total. The van der Waals surface area contributed by atoms with Crippen LogP contribution in [-0.4, -0.2) is 53.9 Å². The van der Waals surface area contributed by atoms with Crippen molar-refractivity contribution in [1.29, 1.82) is 0 Å². The first kappa shape index (κ1) is 20.1. The van der Waals surface area contributed by atoms with Crippen LogP contribution in [0.1, 0.15) is 58.4 Å². The van der Waals surface area contributed by atoms with Gasteiger partial charge in [0.05, 0.1) is 18.3 Å². The largest absolute Gasteiger partial charge is 0.444 e. The lowest BCUT2D eigenvalue weighted by atomic mass is 10.1. The molecule has 26 heavy (non-hydrogen) atoms. The van der Waals surface area contributed by atoms with Crippen LogP contribution in [0, 0.1) is 0 Å². The molecule has 0 bridgehead atoms. The molecule has 0 aliphatic carbocycles. The van der Waals surface area contributed by atoms with Gasteiger partial charge in [0.1, 0.15) is 5.60 Å². The summed E-state index contributed by atoms with van der Waals surface area (Å²) in [6.45, 7) is 11.7. The normalized spacial score (nSPS) is 18.3. The molecule has 1 atom stereocenters. The molecule has 1 fully saturated rings. The summed E-state index contributed by atoms with van der Waals surface area (Å²) in [6.07, 6.45) is 0.468. The molecule has 8 heteroatoms. The number of hydrogen-bond donors (Lipinski definition) is 2. The molecule has 146 valence electrons. The molecule has 1 aliphatic rings. The Kier molecular flexibility index (Phi) is 6.50. The van der Waals surface area contributed by atoms with E-state index >= 15 is 0 Å². The molecule has 1 aliphatic heterocycles. The fraction of sp³-hybridized carbons (Fsp3) is 0.722. The number of guanidine groups is 1. The number of carbonyl (C=O) groups is 1. The lowest BCUT2D eigenvalue weighted by Crippen LogP contribution is -2.44. The lowest BCUT2D eigenvalue weighted by molar-refractivity contribution is 0.0507. The molecule has 0 saturated carbocycles. The summed E-state index contributed by atoms with van der Waals surface area (Å²) in [7, 11) is 1.75. The highest BCUT2D eigenvalue weighted by molar-refractivity contribution is 5.80. The second-order valence-corrected chi connectivity index (χ2v) is 7.85. The van der Waals surface area contributed by atoms with Crippen LogP contribution in [0.25, 0.3) is 0 Å². The Morgan fingerprint density at radius 3 is 2.81 bits per heavy atom. The van der Waals surface area contributed by atoms with Crippen molar-refractivity contribution in [1.82, 2.24) is 20.7 Å². The first-order chi connectivity index (χ1) is 12.2. The Labute approximate surface area is 155 Å². The summed E-state index contributed by atoms with van der Waals surface area (Å²) < 4.78 is 10.7. The minimum absolute atomic E-state index is 0.0428. The van der Waals surface area contributed by atoms with Gasteiger partial charge in [-0.3, -0.25) is 4.99 Å². The highest BCUT2D eigenvalue weighted by atomic mass is 16.6. The number of likely N-dealkylation sites (tertiary alicyclic amines) is 1. The molecule has 0 radical (unpaired) electrons. The average Bonchev–Trinajstić information content (AvgIpc) is 3.15. The third-order valence-electron chi connectivity index (χ3n) is 4.01. The topological polar surface area (TPSA) is 92.0 Å². The van der Waals surface area contributed by atoms with Crippen molar-refractivity contribution in [2.45, 2.75) is 65.1 Å². The number of alkyl carbamates (subject to hydrolysis) is 1. The van der Waals surface area contributed by atoms with Gasteiger partial charge in [-0.05, 0) is 33.1 Å². The van der Waals surface area contributed by atoms with Gasteiger partial charge in [-0.15, -0.1) is 0 Å². The molecule has 1 unspecified atom stereocenters. The monoisotopic (exact) mass is 365 g/mol. The van der Waals surface area contributed by atoms with E-state index in [4.69, 9.17) is 9.26 Å². The van der Waals surface area contributed by atoms with Crippen molar-refractivity contribution in [3.8, 4) is 0 Å². The maximum Gasteiger partial charge on any atom is 0.407 e. The summed E-state index contributed by atoms with van der Waals surface area (Å²) in [4.78, 5) is 18.3. The zero-order valence-corrected chi connectivity index (χ0v) is 16.6. The van der Waals surface area contributed by atoms with Gasteiger partial charge in [0.2, 0.25) is 0 Å².